The van der Waals surface area contributed by atoms with Gasteiger partial charge in [0.2, 0.25) is 5.91 Å². The number of Topliss-reactive ketones (excluding diaryl/α,β-unsaturated/α-hetero) is 1. The van der Waals surface area contributed by atoms with Gasteiger partial charge in [0.25, 0.3) is 0 Å². The molecule has 2 aliphatic heterocycles. The maximum absolute atomic E-state index is 14.5. The molecule has 1 N–H and O–H groups in total. The molecule has 2 bridgehead atoms. The summed E-state index contributed by atoms with van der Waals surface area (Å²) in [5.41, 5.74) is 4.74. The zero-order valence-corrected chi connectivity index (χ0v) is 42.0. The van der Waals surface area contributed by atoms with Gasteiger partial charge in [0.1, 0.15) is 11.6 Å². The van der Waals surface area contributed by atoms with E-state index < -0.39 is 14.8 Å². The van der Waals surface area contributed by atoms with Gasteiger partial charge >= 0.3 is 0 Å². The van der Waals surface area contributed by atoms with Crippen molar-refractivity contribution >= 4 is 33.5 Å². The van der Waals surface area contributed by atoms with Gasteiger partial charge in [-0.1, -0.05) is 165 Å². The number of nitrogens with one attached hydrogen (secondary N) is 1. The van der Waals surface area contributed by atoms with Crippen molar-refractivity contribution in [1.29, 1.82) is 0 Å². The molecule has 1 amide bonds. The summed E-state index contributed by atoms with van der Waals surface area (Å²) in [7, 11) is -1.71. The topological polar surface area (TPSA) is 52.7 Å². The molecule has 2 saturated heterocycles. The molecular formula is C62H66FN3O2S2. The lowest BCUT2D eigenvalue weighted by Crippen LogP contribution is -2.51. The number of hydrogen-bond acceptors (Lipinski definition) is 5. The molecule has 0 saturated carbocycles. The Labute approximate surface area is 421 Å². The molecule has 0 spiro atoms. The van der Waals surface area contributed by atoms with Gasteiger partial charge in [-0.15, -0.1) is 11.8 Å². The van der Waals surface area contributed by atoms with E-state index in [0.29, 0.717) is 24.8 Å². The number of rotatable bonds is 22. The first-order valence-electron chi connectivity index (χ1n) is 25.2. The first-order chi connectivity index (χ1) is 34.4. The molecule has 5 nitrogen and oxygen atoms in total. The fourth-order valence-corrected chi connectivity index (χ4v) is 16.9. The van der Waals surface area contributed by atoms with Crippen LogP contribution in [0.4, 0.5) is 4.39 Å². The predicted octanol–water partition coefficient (Wildman–Crippen LogP) is 13.3. The number of carbonyl (C=O) groups is 2. The SMILES string of the molecule is CCC(=O)[C@@H]1C2CCC(C[C@@H]1c1ccc(F)cc1)N2CCCN(CCSC(c1ccccc1)(c1ccccc1)c1ccccc1)CC(=O)NCCS(c1ccccc1)(c1ccccc1)c1ccccc1. The molecule has 7 aromatic carbocycles. The van der Waals surface area contributed by atoms with Gasteiger partial charge in [0.05, 0.1) is 11.3 Å². The number of hydrogen-bond donors (Lipinski definition) is 1. The van der Waals surface area contributed by atoms with Crippen LogP contribution < -0.4 is 5.32 Å². The highest BCUT2D eigenvalue weighted by Crippen LogP contribution is 2.67. The normalized spacial score (nSPS) is 18.4. The second-order valence-corrected chi connectivity index (χ2v) is 23.4. The van der Waals surface area contributed by atoms with E-state index in [2.05, 4.69) is 197 Å². The number of nitrogens with zero attached hydrogens (tertiary/aromatic N) is 2. The standard InChI is InChI=1S/C62H66FN3O2S2/c1-2-59(67)61-57(48-34-36-52(63)37-35-48)46-53-38-39-58(61)66(53)42-21-41-65(43-44-69-62(49-22-9-3-10-23-49,50-24-11-4-12-25-50)51-26-13-5-14-27-51)47-60(68)64-40-45-70(54-28-15-6-16-29-54,55-30-17-7-18-31-55)56-32-19-8-20-33-56/h3-20,22-37,53,57-58,61H,2,21,38-47H2,1H3,(H,64,68)/t53?,57-,58?,61+/m1/s1. The van der Waals surface area contributed by atoms with Gasteiger partial charge < -0.3 is 5.32 Å². The van der Waals surface area contributed by atoms with Crippen molar-refractivity contribution in [3.05, 3.63) is 234 Å². The van der Waals surface area contributed by atoms with Crippen LogP contribution in [0.2, 0.25) is 0 Å². The third kappa shape index (κ3) is 10.8. The molecule has 0 aromatic heterocycles. The minimum absolute atomic E-state index is 0.0294. The number of halogens is 1. The highest BCUT2D eigenvalue weighted by atomic mass is 32.3. The molecule has 2 heterocycles. The summed E-state index contributed by atoms with van der Waals surface area (Å²) in [6, 6.07) is 72.3. The lowest BCUT2D eigenvalue weighted by atomic mass is 9.73. The number of fused-ring (bicyclic) bond motifs is 2. The van der Waals surface area contributed by atoms with Crippen LogP contribution in [0.1, 0.15) is 67.2 Å². The van der Waals surface area contributed by atoms with Crippen LogP contribution in [0.25, 0.3) is 0 Å². The van der Waals surface area contributed by atoms with Crippen LogP contribution in [0, 0.1) is 11.7 Å². The quantitative estimate of drug-likeness (QED) is 0.0686. The number of carbonyl (C=O) groups excluding carboxylic acids is 2. The third-order valence-corrected chi connectivity index (χ3v) is 20.3. The molecule has 2 aliphatic rings. The van der Waals surface area contributed by atoms with Crippen molar-refractivity contribution < 1.29 is 14.0 Å². The summed E-state index contributed by atoms with van der Waals surface area (Å²) in [5, 5.41) is 3.44. The molecule has 2 unspecified atom stereocenters. The highest BCUT2D eigenvalue weighted by Gasteiger charge is 2.49. The van der Waals surface area contributed by atoms with Crippen molar-refractivity contribution in [3.63, 3.8) is 0 Å². The Morgan fingerprint density at radius 1 is 0.657 bits per heavy atom. The van der Waals surface area contributed by atoms with Crippen molar-refractivity contribution in [2.75, 3.05) is 44.2 Å². The monoisotopic (exact) mass is 967 g/mol. The molecule has 8 heteroatoms. The van der Waals surface area contributed by atoms with Crippen LogP contribution in [-0.2, 0) is 14.3 Å². The second kappa shape index (κ2) is 23.4. The molecule has 9 rings (SSSR count). The Kier molecular flexibility index (Phi) is 16.5. The van der Waals surface area contributed by atoms with Crippen LogP contribution in [0.5, 0.6) is 0 Å². The highest BCUT2D eigenvalue weighted by molar-refractivity contribution is 8.33. The Balaban J connectivity index is 0.959. The zero-order chi connectivity index (χ0) is 48.2. The van der Waals surface area contributed by atoms with Crippen LogP contribution in [0.15, 0.2) is 221 Å². The van der Waals surface area contributed by atoms with Crippen molar-refractivity contribution in [1.82, 2.24) is 15.1 Å². The van der Waals surface area contributed by atoms with E-state index in [1.165, 1.54) is 43.5 Å². The molecule has 360 valence electrons. The van der Waals surface area contributed by atoms with Gasteiger partial charge in [-0.05, 0) is 130 Å². The van der Waals surface area contributed by atoms with Crippen molar-refractivity contribution in [3.8, 4) is 0 Å². The summed E-state index contributed by atoms with van der Waals surface area (Å²) >= 11 is 1.93. The van der Waals surface area contributed by atoms with Gasteiger partial charge in [0, 0.05) is 49.0 Å². The summed E-state index contributed by atoms with van der Waals surface area (Å²) < 4.78 is 13.6. The molecule has 70 heavy (non-hydrogen) atoms. The third-order valence-electron chi connectivity index (χ3n) is 14.8. The van der Waals surface area contributed by atoms with Crippen molar-refractivity contribution in [2.24, 2.45) is 5.92 Å². The Morgan fingerprint density at radius 2 is 1.14 bits per heavy atom. The Hall–Kier alpha value is -5.77. The molecule has 0 aliphatic carbocycles. The number of thioether (sulfide) groups is 1. The smallest absolute Gasteiger partial charge is 0.234 e. The lowest BCUT2D eigenvalue weighted by Gasteiger charge is -2.44. The number of piperidine rings is 1. The van der Waals surface area contributed by atoms with E-state index in [0.717, 1.165) is 62.4 Å². The maximum atomic E-state index is 14.5. The van der Waals surface area contributed by atoms with E-state index in [1.54, 1.807) is 0 Å². The van der Waals surface area contributed by atoms with Crippen LogP contribution in [-0.4, -0.2) is 77.8 Å². The van der Waals surface area contributed by atoms with Crippen LogP contribution >= 0.6 is 21.8 Å². The lowest BCUT2D eigenvalue weighted by molar-refractivity contribution is -0.127. The van der Waals surface area contributed by atoms with E-state index >= 15 is 0 Å². The van der Waals surface area contributed by atoms with E-state index in [4.69, 9.17) is 0 Å². The average Bonchev–Trinajstić information content (AvgIpc) is 3.69. The van der Waals surface area contributed by atoms with Gasteiger partial charge in [-0.3, -0.25) is 19.4 Å². The first-order valence-corrected chi connectivity index (χ1v) is 28.0. The predicted molar refractivity (Wildman–Crippen MR) is 288 cm³/mol. The fourth-order valence-electron chi connectivity index (χ4n) is 11.6. The minimum atomic E-state index is -1.71. The molecule has 7 aromatic rings. The maximum Gasteiger partial charge on any atom is 0.234 e. The van der Waals surface area contributed by atoms with Crippen molar-refractivity contribution in [2.45, 2.75) is 76.5 Å². The van der Waals surface area contributed by atoms with Gasteiger partial charge in [-0.2, -0.15) is 10.0 Å². The average molecular weight is 968 g/mol. The van der Waals surface area contributed by atoms with Gasteiger partial charge in [0.15, 0.2) is 0 Å². The summed E-state index contributed by atoms with van der Waals surface area (Å²) in [5.74, 6) is 1.64. The molecule has 0 radical (unpaired) electrons. The van der Waals surface area contributed by atoms with Gasteiger partial charge in [-0.25, -0.2) is 4.39 Å². The van der Waals surface area contributed by atoms with E-state index in [-0.39, 0.29) is 36.1 Å². The van der Waals surface area contributed by atoms with Crippen LogP contribution in [0.3, 0.4) is 0 Å². The van der Waals surface area contributed by atoms with E-state index in [1.807, 2.05) is 30.8 Å². The minimum Gasteiger partial charge on any atom is -0.354 e. The zero-order valence-electron chi connectivity index (χ0n) is 40.3. The number of benzene rings is 7. The fraction of sp³-hybridized carbons (Fsp3) is 0.290. The van der Waals surface area contributed by atoms with E-state index in [9.17, 15) is 14.0 Å². The Bertz CT molecular complexity index is 2520. The largest absolute Gasteiger partial charge is 0.354 e. The number of ketones is 1. The molecule has 2 fully saturated rings. The first kappa shape index (κ1) is 49.2. The second-order valence-electron chi connectivity index (χ2n) is 18.8. The molecule has 4 atom stereocenters. The summed E-state index contributed by atoms with van der Waals surface area (Å²) in [6.45, 7) is 5.13. The number of amides is 1. The Morgan fingerprint density at radius 3 is 1.63 bits per heavy atom. The summed E-state index contributed by atoms with van der Waals surface area (Å²) in [4.78, 5) is 37.1. The summed E-state index contributed by atoms with van der Waals surface area (Å²) in [6.07, 6.45) is 4.35. The molecular weight excluding hydrogens is 902 g/mol.